The van der Waals surface area contributed by atoms with Crippen LogP contribution in [0.4, 0.5) is 33.6 Å². The predicted octanol–water partition coefficient (Wildman–Crippen LogP) is 4.95. The molecule has 2 fully saturated rings. The molecule has 1 saturated carbocycles. The van der Waals surface area contributed by atoms with Gasteiger partial charge in [0.05, 0.1) is 17.0 Å². The molecule has 15 heteroatoms. The first-order valence-corrected chi connectivity index (χ1v) is 13.5. The normalized spacial score (nSPS) is 18.8. The monoisotopic (exact) mass is 600 g/mol. The number of piperidine rings is 1. The molecule has 10 nitrogen and oxygen atoms in total. The van der Waals surface area contributed by atoms with Gasteiger partial charge in [0.25, 0.3) is 5.91 Å². The third-order valence-electron chi connectivity index (χ3n) is 7.76. The number of carbonyl (C=O) groups is 2. The number of anilines is 2. The summed E-state index contributed by atoms with van der Waals surface area (Å²) in [4.78, 5) is 39.5. The summed E-state index contributed by atoms with van der Waals surface area (Å²) in [6.07, 6.45) is -1.86. The summed E-state index contributed by atoms with van der Waals surface area (Å²) < 4.78 is 67.5. The van der Waals surface area contributed by atoms with Crippen LogP contribution >= 0.6 is 0 Å². The molecule has 43 heavy (non-hydrogen) atoms. The van der Waals surface area contributed by atoms with Gasteiger partial charge in [-0.05, 0) is 37.1 Å². The fraction of sp³-hybridized carbons (Fsp3) is 0.357. The van der Waals surface area contributed by atoms with Gasteiger partial charge in [-0.15, -0.1) is 0 Å². The predicted molar refractivity (Wildman–Crippen MR) is 145 cm³/mol. The van der Waals surface area contributed by atoms with Crippen molar-refractivity contribution in [3.63, 3.8) is 0 Å². The SMILES string of the molecule is Nc1ncnc2c1c(-c1ccc(C(=O)Nc3cc(C(F)(F)F)ccn3)cc1)nn2C1CCCN(C(=O)C2CC(F)(F)C2)C1. The van der Waals surface area contributed by atoms with Gasteiger partial charge in [-0.1, -0.05) is 12.1 Å². The van der Waals surface area contributed by atoms with Crippen LogP contribution in [-0.2, 0) is 11.0 Å². The quantitative estimate of drug-likeness (QED) is 0.310. The zero-order valence-electron chi connectivity index (χ0n) is 22.5. The molecule has 224 valence electrons. The molecule has 1 atom stereocenters. The fourth-order valence-electron chi connectivity index (χ4n) is 5.54. The smallest absolute Gasteiger partial charge is 0.383 e. The minimum atomic E-state index is -4.58. The number of nitrogens with zero attached hydrogens (tertiary/aromatic N) is 6. The second-order valence-electron chi connectivity index (χ2n) is 10.8. The van der Waals surface area contributed by atoms with Crippen LogP contribution in [0.15, 0.2) is 48.9 Å². The number of amides is 2. The lowest BCUT2D eigenvalue weighted by Gasteiger charge is -2.40. The van der Waals surface area contributed by atoms with E-state index in [2.05, 4.69) is 20.3 Å². The van der Waals surface area contributed by atoms with Gasteiger partial charge in [-0.25, -0.2) is 28.4 Å². The minimum absolute atomic E-state index is 0.166. The van der Waals surface area contributed by atoms with Crippen LogP contribution in [0.1, 0.15) is 47.6 Å². The van der Waals surface area contributed by atoms with Crippen molar-refractivity contribution >= 4 is 34.5 Å². The molecule has 6 rings (SSSR count). The Balaban J connectivity index is 1.24. The number of benzene rings is 1. The summed E-state index contributed by atoms with van der Waals surface area (Å²) in [5, 5.41) is 7.61. The van der Waals surface area contributed by atoms with Gasteiger partial charge in [0.15, 0.2) is 5.65 Å². The van der Waals surface area contributed by atoms with E-state index in [4.69, 9.17) is 10.8 Å². The van der Waals surface area contributed by atoms with Crippen LogP contribution in [0.2, 0.25) is 0 Å². The summed E-state index contributed by atoms with van der Waals surface area (Å²) >= 11 is 0. The van der Waals surface area contributed by atoms with E-state index >= 15 is 0 Å². The third kappa shape index (κ3) is 5.58. The van der Waals surface area contributed by atoms with Gasteiger partial charge in [0, 0.05) is 49.2 Å². The van der Waals surface area contributed by atoms with Crippen LogP contribution in [0.25, 0.3) is 22.3 Å². The van der Waals surface area contributed by atoms with Crippen molar-refractivity contribution < 1.29 is 31.5 Å². The highest BCUT2D eigenvalue weighted by atomic mass is 19.4. The van der Waals surface area contributed by atoms with Crippen molar-refractivity contribution in [3.8, 4) is 11.3 Å². The summed E-state index contributed by atoms with van der Waals surface area (Å²) in [5.74, 6) is -4.49. The van der Waals surface area contributed by atoms with Crippen molar-refractivity contribution in [1.29, 1.82) is 0 Å². The number of hydrogen-bond acceptors (Lipinski definition) is 7. The summed E-state index contributed by atoms with van der Waals surface area (Å²) in [7, 11) is 0. The van der Waals surface area contributed by atoms with Crippen molar-refractivity contribution in [2.75, 3.05) is 24.1 Å². The number of carbonyl (C=O) groups excluding carboxylic acids is 2. The Morgan fingerprint density at radius 1 is 1.05 bits per heavy atom. The Bertz CT molecular complexity index is 1700. The standard InChI is InChI=1S/C28H25F5N8O2/c29-27(30)11-17(12-27)26(43)40-9-1-2-19(13-40)41-24-21(23(34)36-14-37-24)22(39-41)15-3-5-16(6-4-15)25(42)38-20-10-18(7-8-35-20)28(31,32)33/h3-8,10,14,17,19H,1-2,9,11-13H2,(H2,34,36,37)(H,35,38,42). The molecule has 4 aromatic rings. The van der Waals surface area contributed by atoms with E-state index in [0.29, 0.717) is 41.7 Å². The lowest BCUT2D eigenvalue weighted by molar-refractivity contribution is -0.161. The van der Waals surface area contributed by atoms with Crippen LogP contribution in [0, 0.1) is 5.92 Å². The molecule has 1 aromatic carbocycles. The molecule has 3 aromatic heterocycles. The number of halogens is 5. The van der Waals surface area contributed by atoms with Gasteiger partial charge < -0.3 is 16.0 Å². The van der Waals surface area contributed by atoms with E-state index in [9.17, 15) is 31.5 Å². The molecular weight excluding hydrogens is 575 g/mol. The highest BCUT2D eigenvalue weighted by molar-refractivity contribution is 6.04. The number of pyridine rings is 1. The van der Waals surface area contributed by atoms with Gasteiger partial charge >= 0.3 is 6.18 Å². The molecule has 2 amide bonds. The lowest BCUT2D eigenvalue weighted by Crippen LogP contribution is -2.49. The molecular formula is C28H25F5N8O2. The number of alkyl halides is 5. The second-order valence-corrected chi connectivity index (χ2v) is 10.8. The highest BCUT2D eigenvalue weighted by Crippen LogP contribution is 2.44. The van der Waals surface area contributed by atoms with E-state index in [1.165, 1.54) is 18.5 Å². The molecule has 4 heterocycles. The number of nitrogens with one attached hydrogen (secondary N) is 1. The lowest BCUT2D eigenvalue weighted by atomic mass is 9.80. The number of nitrogen functional groups attached to an aromatic ring is 1. The zero-order chi connectivity index (χ0) is 30.5. The molecule has 1 unspecified atom stereocenters. The number of aromatic nitrogens is 5. The average Bonchev–Trinajstić information content (AvgIpc) is 3.36. The maximum atomic E-state index is 13.4. The van der Waals surface area contributed by atoms with Crippen LogP contribution in [0.3, 0.4) is 0 Å². The summed E-state index contributed by atoms with van der Waals surface area (Å²) in [6, 6.07) is 7.46. The number of likely N-dealkylation sites (tertiary alicyclic amines) is 1. The van der Waals surface area contributed by atoms with Gasteiger partial charge in [0.2, 0.25) is 11.8 Å². The number of fused-ring (bicyclic) bond motifs is 1. The van der Waals surface area contributed by atoms with Crippen molar-refractivity contribution in [1.82, 2.24) is 29.6 Å². The van der Waals surface area contributed by atoms with Crippen LogP contribution in [0.5, 0.6) is 0 Å². The molecule has 0 radical (unpaired) electrons. The van der Waals surface area contributed by atoms with Crippen molar-refractivity contribution in [2.45, 2.75) is 43.8 Å². The fourth-order valence-corrected chi connectivity index (χ4v) is 5.54. The Kier molecular flexibility index (Phi) is 6.97. The molecule has 1 saturated heterocycles. The van der Waals surface area contributed by atoms with E-state index in [0.717, 1.165) is 18.3 Å². The Morgan fingerprint density at radius 3 is 2.49 bits per heavy atom. The third-order valence-corrected chi connectivity index (χ3v) is 7.76. The van der Waals surface area contributed by atoms with Crippen molar-refractivity contribution in [2.24, 2.45) is 5.92 Å². The minimum Gasteiger partial charge on any atom is -0.383 e. The topological polar surface area (TPSA) is 132 Å². The van der Waals surface area contributed by atoms with Gasteiger partial charge in [-0.2, -0.15) is 18.3 Å². The molecule has 1 aliphatic carbocycles. The first kappa shape index (κ1) is 28.4. The van der Waals surface area contributed by atoms with Crippen molar-refractivity contribution in [3.05, 3.63) is 60.0 Å². The summed E-state index contributed by atoms with van der Waals surface area (Å²) in [6.45, 7) is 0.754. The van der Waals surface area contributed by atoms with E-state index < -0.39 is 42.3 Å². The molecule has 0 bridgehead atoms. The average molecular weight is 601 g/mol. The Labute approximate surface area is 241 Å². The first-order valence-electron chi connectivity index (χ1n) is 13.5. The Morgan fingerprint density at radius 2 is 1.79 bits per heavy atom. The number of hydrogen-bond donors (Lipinski definition) is 2. The second kappa shape index (κ2) is 10.5. The van der Waals surface area contributed by atoms with Gasteiger partial charge in [-0.3, -0.25) is 9.59 Å². The largest absolute Gasteiger partial charge is 0.416 e. The van der Waals surface area contributed by atoms with E-state index in [-0.39, 0.29) is 35.7 Å². The number of nitrogens with two attached hydrogens (primary N) is 1. The Hall–Kier alpha value is -4.69. The molecule has 2 aliphatic rings. The van der Waals surface area contributed by atoms with Crippen LogP contribution < -0.4 is 11.1 Å². The first-order chi connectivity index (χ1) is 20.4. The summed E-state index contributed by atoms with van der Waals surface area (Å²) in [5.41, 5.74) is 6.89. The number of rotatable bonds is 5. The maximum Gasteiger partial charge on any atom is 0.416 e. The zero-order valence-corrected chi connectivity index (χ0v) is 22.5. The van der Waals surface area contributed by atoms with Gasteiger partial charge in [0.1, 0.15) is 23.7 Å². The highest BCUT2D eigenvalue weighted by Gasteiger charge is 2.50. The molecule has 0 spiro atoms. The van der Waals surface area contributed by atoms with E-state index in [1.807, 2.05) is 0 Å². The van der Waals surface area contributed by atoms with Crippen LogP contribution in [-0.4, -0.2) is 60.5 Å². The molecule has 1 aliphatic heterocycles. The molecule has 3 N–H and O–H groups in total. The van der Waals surface area contributed by atoms with E-state index in [1.54, 1.807) is 21.7 Å². The maximum absolute atomic E-state index is 13.4.